The van der Waals surface area contributed by atoms with Gasteiger partial charge in [-0.05, 0) is 55.1 Å². The first-order valence-electron chi connectivity index (χ1n) is 11.6. The van der Waals surface area contributed by atoms with Crippen molar-refractivity contribution in [2.45, 2.75) is 11.9 Å². The molecule has 10 heteroatoms. The molecule has 0 radical (unpaired) electrons. The van der Waals surface area contributed by atoms with Crippen molar-refractivity contribution in [3.63, 3.8) is 0 Å². The number of piperazine rings is 1. The van der Waals surface area contributed by atoms with Crippen LogP contribution in [0.2, 0.25) is 0 Å². The molecule has 1 amide bonds. The van der Waals surface area contributed by atoms with E-state index in [-0.39, 0.29) is 11.9 Å². The van der Waals surface area contributed by atoms with Crippen LogP contribution in [0.15, 0.2) is 64.7 Å². The number of rotatable bonds is 5. The molecule has 0 spiro atoms. The van der Waals surface area contributed by atoms with Crippen LogP contribution in [-0.2, 0) is 9.59 Å². The van der Waals surface area contributed by atoms with Crippen LogP contribution in [0, 0.1) is 0 Å². The van der Waals surface area contributed by atoms with Crippen molar-refractivity contribution < 1.29 is 14.3 Å². The van der Waals surface area contributed by atoms with Crippen molar-refractivity contribution in [3.8, 4) is 5.75 Å². The number of anilines is 4. The summed E-state index contributed by atoms with van der Waals surface area (Å²) in [6.07, 6.45) is 3.38. The highest BCUT2D eigenvalue weighted by Gasteiger charge is 2.23. The summed E-state index contributed by atoms with van der Waals surface area (Å²) in [4.78, 5) is 37.9. The number of hydrogen-bond acceptors (Lipinski definition) is 9. The molecule has 3 aromatic rings. The fourth-order valence-electron chi connectivity index (χ4n) is 3.92. The Kier molecular flexibility index (Phi) is 6.88. The van der Waals surface area contributed by atoms with E-state index in [4.69, 9.17) is 4.74 Å². The number of fused-ring (bicyclic) bond motifs is 1. The zero-order valence-electron chi connectivity index (χ0n) is 20.0. The van der Waals surface area contributed by atoms with Crippen molar-refractivity contribution in [2.75, 3.05) is 48.8 Å². The Morgan fingerprint density at radius 3 is 2.50 bits per heavy atom. The number of carbonyl (C=O) groups is 2. The number of nitrogens with one attached hydrogen (secondary N) is 2. The Hall–Kier alpha value is -3.89. The normalized spacial score (nSPS) is 16.9. The molecule has 3 heterocycles. The van der Waals surface area contributed by atoms with Crippen molar-refractivity contribution in [2.24, 2.45) is 0 Å². The van der Waals surface area contributed by atoms with E-state index < -0.39 is 0 Å². The van der Waals surface area contributed by atoms with Gasteiger partial charge >= 0.3 is 5.97 Å². The lowest BCUT2D eigenvalue weighted by Gasteiger charge is -2.34. The molecule has 2 aliphatic heterocycles. The van der Waals surface area contributed by atoms with Gasteiger partial charge in [0.1, 0.15) is 10.8 Å². The molecule has 0 bridgehead atoms. The van der Waals surface area contributed by atoms with Crippen LogP contribution < -0.4 is 20.3 Å². The highest BCUT2D eigenvalue weighted by molar-refractivity contribution is 8.04. The van der Waals surface area contributed by atoms with Gasteiger partial charge in [0.05, 0.1) is 16.8 Å². The van der Waals surface area contributed by atoms with Gasteiger partial charge in [0.25, 0.3) is 5.91 Å². The second kappa shape index (κ2) is 10.4. The molecule has 1 fully saturated rings. The molecule has 184 valence electrons. The van der Waals surface area contributed by atoms with E-state index in [1.807, 2.05) is 12.1 Å². The third-order valence-electron chi connectivity index (χ3n) is 5.86. The van der Waals surface area contributed by atoms with E-state index in [1.54, 1.807) is 36.5 Å². The Morgan fingerprint density at radius 2 is 1.81 bits per heavy atom. The summed E-state index contributed by atoms with van der Waals surface area (Å²) >= 11 is 1.28. The largest absolute Gasteiger partial charge is 0.427 e. The first kappa shape index (κ1) is 23.8. The van der Waals surface area contributed by atoms with Gasteiger partial charge in [0.15, 0.2) is 0 Å². The molecule has 9 nitrogen and oxygen atoms in total. The lowest BCUT2D eigenvalue weighted by Crippen LogP contribution is -2.44. The predicted octanol–water partition coefficient (Wildman–Crippen LogP) is 3.98. The molecule has 2 aliphatic rings. The molecule has 0 unspecified atom stereocenters. The van der Waals surface area contributed by atoms with Crippen molar-refractivity contribution in [1.82, 2.24) is 14.9 Å². The fourth-order valence-corrected chi connectivity index (χ4v) is 4.81. The summed E-state index contributed by atoms with van der Waals surface area (Å²) in [6.45, 7) is 5.52. The number of benzene rings is 2. The van der Waals surface area contributed by atoms with E-state index in [0.717, 1.165) is 37.4 Å². The summed E-state index contributed by atoms with van der Waals surface area (Å²) < 4.78 is 5.06. The number of nitrogens with zero attached hydrogens (tertiary/aromatic N) is 4. The molecular formula is C26H26N6O3S. The summed E-state index contributed by atoms with van der Waals surface area (Å²) in [5.41, 5.74) is 3.47. The van der Waals surface area contributed by atoms with Gasteiger partial charge in [-0.1, -0.05) is 23.9 Å². The van der Waals surface area contributed by atoms with Crippen LogP contribution in [-0.4, -0.2) is 60.0 Å². The minimum absolute atomic E-state index is 0.222. The van der Waals surface area contributed by atoms with Gasteiger partial charge in [-0.25, -0.2) is 9.97 Å². The van der Waals surface area contributed by atoms with Gasteiger partial charge < -0.3 is 25.2 Å². The predicted molar refractivity (Wildman–Crippen MR) is 142 cm³/mol. The molecular weight excluding hydrogens is 476 g/mol. The van der Waals surface area contributed by atoms with E-state index in [0.29, 0.717) is 27.3 Å². The van der Waals surface area contributed by atoms with Crippen molar-refractivity contribution >= 4 is 52.7 Å². The second-order valence-electron chi connectivity index (χ2n) is 8.60. The highest BCUT2D eigenvalue weighted by Crippen LogP contribution is 2.38. The Bertz CT molecular complexity index is 1300. The third kappa shape index (κ3) is 5.67. The van der Waals surface area contributed by atoms with Gasteiger partial charge in [0.2, 0.25) is 5.95 Å². The van der Waals surface area contributed by atoms with Crippen LogP contribution in [0.5, 0.6) is 5.75 Å². The van der Waals surface area contributed by atoms with Gasteiger partial charge in [-0.3, -0.25) is 9.59 Å². The van der Waals surface area contributed by atoms with E-state index in [2.05, 4.69) is 49.6 Å². The number of aromatic nitrogens is 2. The van der Waals surface area contributed by atoms with Crippen LogP contribution in [0.3, 0.4) is 0 Å². The van der Waals surface area contributed by atoms with E-state index in [1.165, 1.54) is 24.4 Å². The summed E-state index contributed by atoms with van der Waals surface area (Å²) in [5, 5.41) is 6.76. The molecule has 2 aromatic carbocycles. The van der Waals surface area contributed by atoms with Gasteiger partial charge in [0, 0.05) is 44.5 Å². The highest BCUT2D eigenvalue weighted by atomic mass is 32.2. The quantitative estimate of drug-likeness (QED) is 0.232. The number of carbonyl (C=O) groups excluding carboxylic acids is 2. The molecule has 36 heavy (non-hydrogen) atoms. The third-order valence-corrected chi connectivity index (χ3v) is 6.89. The van der Waals surface area contributed by atoms with Crippen LogP contribution in [0.25, 0.3) is 6.08 Å². The molecule has 2 N–H and O–H groups in total. The summed E-state index contributed by atoms with van der Waals surface area (Å²) in [7, 11) is 2.15. The topological polar surface area (TPSA) is 99.7 Å². The first-order valence-corrected chi connectivity index (χ1v) is 12.4. The number of amides is 1. The standard InChI is InChI=1S/C26H26N6O3S/c1-17(33)35-21-9-3-18(4-10-21)15-23-24(34)29-22-16-27-26(30-25(22)36-23)28-19-5-7-20(8-6-19)32-13-11-31(2)12-14-32/h3-10,15-16H,11-14H2,1-2H3,(H,29,34)(H,27,28,30)/b23-15-. The Labute approximate surface area is 213 Å². The number of thioether (sulfide) groups is 1. The Morgan fingerprint density at radius 1 is 1.08 bits per heavy atom. The van der Waals surface area contributed by atoms with Crippen molar-refractivity contribution in [3.05, 3.63) is 65.2 Å². The van der Waals surface area contributed by atoms with Crippen LogP contribution in [0.1, 0.15) is 12.5 Å². The maximum absolute atomic E-state index is 12.6. The minimum atomic E-state index is -0.380. The lowest BCUT2D eigenvalue weighted by atomic mass is 10.2. The monoisotopic (exact) mass is 502 g/mol. The molecule has 1 saturated heterocycles. The first-order chi connectivity index (χ1) is 17.4. The maximum atomic E-state index is 12.6. The Balaban J connectivity index is 1.27. The van der Waals surface area contributed by atoms with Gasteiger partial charge in [-0.15, -0.1) is 0 Å². The molecule has 5 rings (SSSR count). The second-order valence-corrected chi connectivity index (χ2v) is 9.63. The number of ether oxygens (including phenoxy) is 1. The summed E-state index contributed by atoms with van der Waals surface area (Å²) in [5.74, 6) is 0.306. The zero-order valence-corrected chi connectivity index (χ0v) is 20.8. The maximum Gasteiger partial charge on any atom is 0.308 e. The average molecular weight is 503 g/mol. The van der Waals surface area contributed by atoms with Crippen molar-refractivity contribution in [1.29, 1.82) is 0 Å². The smallest absolute Gasteiger partial charge is 0.308 e. The number of hydrogen-bond donors (Lipinski definition) is 2. The van der Waals surface area contributed by atoms with E-state index in [9.17, 15) is 9.59 Å². The minimum Gasteiger partial charge on any atom is -0.427 e. The van der Waals surface area contributed by atoms with Crippen LogP contribution >= 0.6 is 11.8 Å². The SMILES string of the molecule is CC(=O)Oc1ccc(/C=C2\Sc3nc(Nc4ccc(N5CCN(C)CC5)cc4)ncc3NC2=O)cc1. The zero-order chi connectivity index (χ0) is 25.1. The van der Waals surface area contributed by atoms with Crippen LogP contribution in [0.4, 0.5) is 23.0 Å². The molecule has 1 aromatic heterocycles. The lowest BCUT2D eigenvalue weighted by molar-refractivity contribution is -0.131. The molecule has 0 aliphatic carbocycles. The molecule has 0 atom stereocenters. The molecule has 0 saturated carbocycles. The fraction of sp³-hybridized carbons (Fsp3) is 0.231. The number of esters is 1. The average Bonchev–Trinajstić information content (AvgIpc) is 2.87. The van der Waals surface area contributed by atoms with Gasteiger partial charge in [-0.2, -0.15) is 0 Å². The number of likely N-dealkylation sites (N-methyl/N-ethyl adjacent to an activating group) is 1. The summed E-state index contributed by atoms with van der Waals surface area (Å²) in [6, 6.07) is 15.2. The van der Waals surface area contributed by atoms with E-state index >= 15 is 0 Å².